The number of piperidine rings is 1. The molecule has 4 heterocycles. The lowest BCUT2D eigenvalue weighted by Crippen LogP contribution is -2.50. The number of hydrogen-bond donors (Lipinski definition) is 1. The lowest BCUT2D eigenvalue weighted by Gasteiger charge is -2.48. The second-order valence-corrected chi connectivity index (χ2v) is 10.1. The van der Waals surface area contributed by atoms with E-state index in [0.29, 0.717) is 30.0 Å². The molecular weight excluding hydrogens is 511 g/mol. The quantitative estimate of drug-likeness (QED) is 0.380. The summed E-state index contributed by atoms with van der Waals surface area (Å²) in [5.41, 5.74) is 2.71. The van der Waals surface area contributed by atoms with Crippen molar-refractivity contribution in [2.24, 2.45) is 0 Å². The monoisotopic (exact) mass is 539 g/mol. The number of rotatable bonds is 6. The van der Waals surface area contributed by atoms with Crippen molar-refractivity contribution < 1.29 is 22.6 Å². The second kappa shape index (κ2) is 10.1. The zero-order valence-electron chi connectivity index (χ0n) is 21.3. The Morgan fingerprint density at radius 2 is 2.03 bits per heavy atom. The van der Waals surface area contributed by atoms with Crippen molar-refractivity contribution in [3.8, 4) is 11.4 Å². The van der Waals surface area contributed by atoms with Crippen LogP contribution in [0.4, 0.5) is 13.2 Å². The Kier molecular flexibility index (Phi) is 6.59. The molecule has 204 valence electrons. The summed E-state index contributed by atoms with van der Waals surface area (Å²) < 4.78 is 53.6. The minimum atomic E-state index is -4.69. The molecule has 0 aliphatic carbocycles. The van der Waals surface area contributed by atoms with E-state index >= 15 is 0 Å². The number of imidazole rings is 1. The predicted octanol–water partition coefficient (Wildman–Crippen LogP) is 4.69. The van der Waals surface area contributed by atoms with Crippen molar-refractivity contribution >= 4 is 0 Å². The zero-order valence-corrected chi connectivity index (χ0v) is 21.3. The number of likely N-dealkylation sites (tertiary alicyclic amines) is 1. The van der Waals surface area contributed by atoms with Crippen molar-refractivity contribution in [2.45, 2.75) is 49.5 Å². The van der Waals surface area contributed by atoms with E-state index in [1.807, 2.05) is 24.4 Å². The summed E-state index contributed by atoms with van der Waals surface area (Å²) in [6.45, 7) is 2.03. The molecule has 6 rings (SSSR count). The first-order chi connectivity index (χ1) is 18.9. The van der Waals surface area contributed by atoms with Crippen molar-refractivity contribution in [1.82, 2.24) is 35.1 Å². The third-order valence-electron chi connectivity index (χ3n) is 7.74. The first-order valence-electron chi connectivity index (χ1n) is 12.8. The molecule has 4 aromatic rings. The number of aromatic nitrogens is 6. The van der Waals surface area contributed by atoms with Gasteiger partial charge in [-0.25, -0.2) is 4.98 Å². The number of hydrogen-bond acceptors (Lipinski definition) is 7. The molecule has 1 spiro atoms. The molecule has 9 nitrogen and oxygen atoms in total. The number of alkyl halides is 3. The molecule has 0 bridgehead atoms. The standard InChI is InChI=1S/C27H28F3N7O2/c1-38-23-9-8-21(37-25(27(28,29)30)33-34-35-37)12-22(23)19-13-26(39-16-19)10-5-11-36(15-20-14-31-17-32-20)24(26)18-6-3-2-4-7-18/h2-4,6-9,12,14,17,19,24H,5,10-11,13,15-16H2,1H3,(H,31,32)/t19-,24?,26?/m1/s1. The highest BCUT2D eigenvalue weighted by atomic mass is 19.4. The van der Waals surface area contributed by atoms with Crippen LogP contribution in [0.1, 0.15) is 53.9 Å². The Morgan fingerprint density at radius 3 is 2.77 bits per heavy atom. The van der Waals surface area contributed by atoms with Crippen LogP contribution in [-0.4, -0.2) is 60.9 Å². The van der Waals surface area contributed by atoms with Gasteiger partial charge in [0, 0.05) is 29.9 Å². The lowest BCUT2D eigenvalue weighted by molar-refractivity contribution is -0.146. The van der Waals surface area contributed by atoms with Crippen LogP contribution in [0.25, 0.3) is 5.69 Å². The maximum atomic E-state index is 13.5. The van der Waals surface area contributed by atoms with E-state index in [1.165, 1.54) is 11.6 Å². The highest BCUT2D eigenvalue weighted by Crippen LogP contribution is 2.52. The highest BCUT2D eigenvalue weighted by Gasteiger charge is 2.52. The van der Waals surface area contributed by atoms with Gasteiger partial charge in [-0.1, -0.05) is 30.3 Å². The minimum Gasteiger partial charge on any atom is -0.496 e. The first kappa shape index (κ1) is 25.5. The van der Waals surface area contributed by atoms with Crippen LogP contribution in [-0.2, 0) is 17.5 Å². The molecule has 0 amide bonds. The molecule has 2 aromatic heterocycles. The Bertz CT molecular complexity index is 1410. The summed E-state index contributed by atoms with van der Waals surface area (Å²) in [6.07, 6.45) is 1.35. The summed E-state index contributed by atoms with van der Waals surface area (Å²) >= 11 is 0. The van der Waals surface area contributed by atoms with Gasteiger partial charge in [-0.05, 0) is 60.0 Å². The van der Waals surface area contributed by atoms with E-state index in [2.05, 4.69) is 42.5 Å². The fraction of sp³-hybridized carbons (Fsp3) is 0.407. The summed E-state index contributed by atoms with van der Waals surface area (Å²) in [6, 6.07) is 15.2. The van der Waals surface area contributed by atoms with E-state index in [9.17, 15) is 13.2 Å². The molecule has 2 aliphatic rings. The van der Waals surface area contributed by atoms with Crippen LogP contribution >= 0.6 is 0 Å². The second-order valence-electron chi connectivity index (χ2n) is 10.1. The summed E-state index contributed by atoms with van der Waals surface area (Å²) in [5.74, 6) is -0.680. The highest BCUT2D eigenvalue weighted by molar-refractivity contribution is 5.47. The summed E-state index contributed by atoms with van der Waals surface area (Å²) in [7, 11) is 1.56. The number of methoxy groups -OCH3 is 1. The maximum Gasteiger partial charge on any atom is 0.453 e. The molecule has 39 heavy (non-hydrogen) atoms. The third-order valence-corrected chi connectivity index (χ3v) is 7.74. The number of ether oxygens (including phenoxy) is 2. The lowest BCUT2D eigenvalue weighted by atomic mass is 9.75. The molecule has 2 fully saturated rings. The topological polar surface area (TPSA) is 94.0 Å². The number of H-pyrrole nitrogens is 1. The Balaban J connectivity index is 1.36. The van der Waals surface area contributed by atoms with Crippen LogP contribution in [0.15, 0.2) is 61.1 Å². The Hall–Kier alpha value is -3.77. The number of aromatic amines is 1. The largest absolute Gasteiger partial charge is 0.496 e. The van der Waals surface area contributed by atoms with Crippen molar-refractivity contribution in [2.75, 3.05) is 20.3 Å². The van der Waals surface area contributed by atoms with Gasteiger partial charge in [0.05, 0.1) is 37.4 Å². The number of halogens is 3. The maximum absolute atomic E-state index is 13.5. The van der Waals surface area contributed by atoms with Crippen molar-refractivity contribution in [3.05, 3.63) is 83.7 Å². The van der Waals surface area contributed by atoms with Crippen molar-refractivity contribution in [1.29, 1.82) is 0 Å². The van der Waals surface area contributed by atoms with Gasteiger partial charge in [0.15, 0.2) is 0 Å². The normalized spacial score (nSPS) is 23.9. The number of tetrazole rings is 1. The van der Waals surface area contributed by atoms with E-state index in [4.69, 9.17) is 9.47 Å². The summed E-state index contributed by atoms with van der Waals surface area (Å²) in [4.78, 5) is 9.82. The van der Waals surface area contributed by atoms with Gasteiger partial charge in [0.2, 0.25) is 0 Å². The molecule has 1 N–H and O–H groups in total. The van der Waals surface area contributed by atoms with Gasteiger partial charge in [0.1, 0.15) is 5.75 Å². The average Bonchev–Trinajstić information content (AvgIpc) is 3.71. The minimum absolute atomic E-state index is 0.00808. The smallest absolute Gasteiger partial charge is 0.453 e. The molecule has 2 aliphatic heterocycles. The van der Waals surface area contributed by atoms with Gasteiger partial charge in [-0.3, -0.25) is 4.90 Å². The molecule has 0 saturated carbocycles. The van der Waals surface area contributed by atoms with Gasteiger partial charge in [-0.15, -0.1) is 5.10 Å². The van der Waals surface area contributed by atoms with E-state index < -0.39 is 17.6 Å². The number of nitrogens with zero attached hydrogens (tertiary/aromatic N) is 6. The fourth-order valence-corrected chi connectivity index (χ4v) is 6.17. The SMILES string of the molecule is COc1ccc(-n2nnnc2C(F)(F)F)cc1[C@H]1COC2(CCCN(Cc3cnc[nH]3)C2c2ccccc2)C1. The van der Waals surface area contributed by atoms with Gasteiger partial charge in [-0.2, -0.15) is 17.9 Å². The van der Waals surface area contributed by atoms with Crippen LogP contribution in [0.2, 0.25) is 0 Å². The van der Waals surface area contributed by atoms with E-state index in [0.717, 1.165) is 30.6 Å². The molecule has 2 unspecified atom stereocenters. The fourth-order valence-electron chi connectivity index (χ4n) is 6.17. The van der Waals surface area contributed by atoms with Crippen LogP contribution in [0.3, 0.4) is 0 Å². The molecule has 0 radical (unpaired) electrons. The third kappa shape index (κ3) is 4.78. The number of benzene rings is 2. The van der Waals surface area contributed by atoms with Crippen molar-refractivity contribution in [3.63, 3.8) is 0 Å². The van der Waals surface area contributed by atoms with E-state index in [1.54, 1.807) is 25.6 Å². The number of nitrogens with one attached hydrogen (secondary N) is 1. The van der Waals surface area contributed by atoms with E-state index in [-0.39, 0.29) is 17.6 Å². The zero-order chi connectivity index (χ0) is 27.0. The first-order valence-corrected chi connectivity index (χ1v) is 12.8. The predicted molar refractivity (Wildman–Crippen MR) is 134 cm³/mol. The molecule has 2 aromatic carbocycles. The Morgan fingerprint density at radius 1 is 1.18 bits per heavy atom. The molecular formula is C27H28F3N7O2. The average molecular weight is 540 g/mol. The Labute approximate surface area is 223 Å². The van der Waals surface area contributed by atoms with Gasteiger partial charge >= 0.3 is 6.18 Å². The van der Waals surface area contributed by atoms with Gasteiger partial charge in [0.25, 0.3) is 5.82 Å². The molecule has 2 saturated heterocycles. The molecule has 3 atom stereocenters. The molecule has 12 heteroatoms. The van der Waals surface area contributed by atoms with Crippen LogP contribution in [0, 0.1) is 0 Å². The van der Waals surface area contributed by atoms with Gasteiger partial charge < -0.3 is 14.5 Å². The van der Waals surface area contributed by atoms with Crippen LogP contribution < -0.4 is 4.74 Å². The van der Waals surface area contributed by atoms with Crippen LogP contribution in [0.5, 0.6) is 5.75 Å². The summed E-state index contributed by atoms with van der Waals surface area (Å²) in [5, 5.41) is 10.1.